The first-order valence-electron chi connectivity index (χ1n) is 6.67. The summed E-state index contributed by atoms with van der Waals surface area (Å²) in [5.41, 5.74) is 0.411. The Hall–Kier alpha value is -2.44. The molecule has 0 saturated heterocycles. The molecule has 1 atom stereocenters. The average molecular weight is 309 g/mol. The Balaban J connectivity index is 3.48. The Kier molecular flexibility index (Phi) is 6.03. The molecule has 0 spiro atoms. The Bertz CT molecular complexity index is 569. The zero-order valence-corrected chi connectivity index (χ0v) is 13.0. The van der Waals surface area contributed by atoms with Gasteiger partial charge < -0.3 is 9.47 Å². The van der Waals surface area contributed by atoms with Crippen LogP contribution in [0.2, 0.25) is 0 Å². The molecule has 7 nitrogen and oxygen atoms in total. The smallest absolute Gasteiger partial charge is 0.211 e. The van der Waals surface area contributed by atoms with Crippen LogP contribution in [0, 0.1) is 16.0 Å². The SMILES string of the molecule is COc1cccc(C(C[N+](=O)[O-])C(C(C)=O)C(C)=O)c1OC. The van der Waals surface area contributed by atoms with E-state index < -0.39 is 34.9 Å². The van der Waals surface area contributed by atoms with Crippen LogP contribution in [0.25, 0.3) is 0 Å². The number of para-hydroxylation sites is 1. The quantitative estimate of drug-likeness (QED) is 0.413. The summed E-state index contributed by atoms with van der Waals surface area (Å²) in [5, 5.41) is 11.0. The van der Waals surface area contributed by atoms with E-state index in [1.165, 1.54) is 28.1 Å². The number of methoxy groups -OCH3 is 2. The van der Waals surface area contributed by atoms with Crippen LogP contribution >= 0.6 is 0 Å². The van der Waals surface area contributed by atoms with Crippen molar-refractivity contribution in [1.82, 2.24) is 0 Å². The summed E-state index contributed by atoms with van der Waals surface area (Å²) in [6, 6.07) is 4.89. The maximum Gasteiger partial charge on any atom is 0.211 e. The Morgan fingerprint density at radius 2 is 1.77 bits per heavy atom. The molecular weight excluding hydrogens is 290 g/mol. The number of nitro groups is 1. The van der Waals surface area contributed by atoms with E-state index in [0.717, 1.165) is 0 Å². The van der Waals surface area contributed by atoms with Gasteiger partial charge in [-0.3, -0.25) is 19.7 Å². The van der Waals surface area contributed by atoms with Crippen LogP contribution in [0.3, 0.4) is 0 Å². The van der Waals surface area contributed by atoms with Gasteiger partial charge in [-0.1, -0.05) is 12.1 Å². The van der Waals surface area contributed by atoms with Gasteiger partial charge in [0.2, 0.25) is 6.54 Å². The number of carbonyl (C=O) groups is 2. The number of hydrogen-bond donors (Lipinski definition) is 0. The third-order valence-corrected chi connectivity index (χ3v) is 3.46. The molecule has 0 aliphatic carbocycles. The summed E-state index contributed by atoms with van der Waals surface area (Å²) in [4.78, 5) is 34.1. The van der Waals surface area contributed by atoms with E-state index in [1.54, 1.807) is 18.2 Å². The van der Waals surface area contributed by atoms with Gasteiger partial charge in [0, 0.05) is 10.5 Å². The van der Waals surface area contributed by atoms with Crippen molar-refractivity contribution < 1.29 is 24.0 Å². The number of ketones is 2. The van der Waals surface area contributed by atoms with Crippen molar-refractivity contribution in [3.63, 3.8) is 0 Å². The molecule has 120 valence electrons. The summed E-state index contributed by atoms with van der Waals surface area (Å²) in [5.74, 6) is -2.14. The highest BCUT2D eigenvalue weighted by Crippen LogP contribution is 2.39. The topological polar surface area (TPSA) is 95.7 Å². The third-order valence-electron chi connectivity index (χ3n) is 3.46. The largest absolute Gasteiger partial charge is 0.493 e. The first-order valence-corrected chi connectivity index (χ1v) is 6.67. The molecule has 1 aromatic carbocycles. The maximum atomic E-state index is 11.8. The van der Waals surface area contributed by atoms with Crippen molar-refractivity contribution in [2.75, 3.05) is 20.8 Å². The van der Waals surface area contributed by atoms with Gasteiger partial charge in [0.05, 0.1) is 26.1 Å². The molecule has 22 heavy (non-hydrogen) atoms. The molecule has 0 bridgehead atoms. The number of nitrogens with zero attached hydrogens (tertiary/aromatic N) is 1. The van der Waals surface area contributed by atoms with Crippen molar-refractivity contribution >= 4 is 11.6 Å². The van der Waals surface area contributed by atoms with Gasteiger partial charge in [-0.15, -0.1) is 0 Å². The van der Waals surface area contributed by atoms with Crippen molar-refractivity contribution in [2.45, 2.75) is 19.8 Å². The number of rotatable bonds is 8. The molecule has 0 amide bonds. The molecule has 0 heterocycles. The van der Waals surface area contributed by atoms with Gasteiger partial charge >= 0.3 is 0 Å². The lowest BCUT2D eigenvalue weighted by Crippen LogP contribution is -2.31. The lowest BCUT2D eigenvalue weighted by Gasteiger charge is -2.23. The minimum Gasteiger partial charge on any atom is -0.493 e. The van der Waals surface area contributed by atoms with E-state index in [9.17, 15) is 19.7 Å². The van der Waals surface area contributed by atoms with E-state index in [2.05, 4.69) is 0 Å². The molecular formula is C15H19NO6. The van der Waals surface area contributed by atoms with Crippen LogP contribution in [0.5, 0.6) is 11.5 Å². The summed E-state index contributed by atoms with van der Waals surface area (Å²) in [6.45, 7) is 1.96. The molecule has 0 N–H and O–H groups in total. The minimum absolute atomic E-state index is 0.296. The van der Waals surface area contributed by atoms with Crippen molar-refractivity contribution in [3.05, 3.63) is 33.9 Å². The average Bonchev–Trinajstić information content (AvgIpc) is 2.44. The lowest BCUT2D eigenvalue weighted by molar-refractivity contribution is -0.484. The highest BCUT2D eigenvalue weighted by Gasteiger charge is 2.37. The van der Waals surface area contributed by atoms with E-state index in [1.807, 2.05) is 0 Å². The van der Waals surface area contributed by atoms with Crippen LogP contribution in [0.15, 0.2) is 18.2 Å². The molecule has 1 aromatic rings. The second-order valence-electron chi connectivity index (χ2n) is 4.90. The summed E-state index contributed by atoms with van der Waals surface area (Å²) >= 11 is 0. The zero-order valence-electron chi connectivity index (χ0n) is 13.0. The summed E-state index contributed by atoms with van der Waals surface area (Å²) in [7, 11) is 2.85. The van der Waals surface area contributed by atoms with Crippen molar-refractivity contribution in [3.8, 4) is 11.5 Å². The minimum atomic E-state index is -1.09. The fourth-order valence-electron chi connectivity index (χ4n) is 2.60. The number of ether oxygens (including phenoxy) is 2. The molecule has 0 radical (unpaired) electrons. The zero-order chi connectivity index (χ0) is 16.9. The predicted octanol–water partition coefficient (Wildman–Crippen LogP) is 1.86. The Labute approximate surface area is 128 Å². The molecule has 0 aliphatic rings. The first kappa shape index (κ1) is 17.6. The van der Waals surface area contributed by atoms with Gasteiger partial charge in [-0.25, -0.2) is 0 Å². The Morgan fingerprint density at radius 1 is 1.18 bits per heavy atom. The van der Waals surface area contributed by atoms with E-state index in [-0.39, 0.29) is 0 Å². The molecule has 7 heteroatoms. The van der Waals surface area contributed by atoms with E-state index >= 15 is 0 Å². The monoisotopic (exact) mass is 309 g/mol. The molecule has 0 saturated carbocycles. The molecule has 1 rings (SSSR count). The predicted molar refractivity (Wildman–Crippen MR) is 79.0 cm³/mol. The fraction of sp³-hybridized carbons (Fsp3) is 0.467. The van der Waals surface area contributed by atoms with Crippen LogP contribution in [0.4, 0.5) is 0 Å². The molecule has 0 aliphatic heterocycles. The van der Waals surface area contributed by atoms with Gasteiger partial charge in [0.15, 0.2) is 11.5 Å². The van der Waals surface area contributed by atoms with Crippen LogP contribution in [-0.4, -0.2) is 37.3 Å². The van der Waals surface area contributed by atoms with Gasteiger partial charge in [0.25, 0.3) is 0 Å². The fourth-order valence-corrected chi connectivity index (χ4v) is 2.60. The highest BCUT2D eigenvalue weighted by atomic mass is 16.6. The van der Waals surface area contributed by atoms with E-state index in [0.29, 0.717) is 17.1 Å². The standard InChI is InChI=1S/C15H19NO6/c1-9(17)14(10(2)18)12(8-16(19)20)11-6-5-7-13(21-3)15(11)22-4/h5-7,12,14H,8H2,1-4H3. The third kappa shape index (κ3) is 3.81. The summed E-state index contributed by atoms with van der Waals surface area (Å²) < 4.78 is 10.4. The van der Waals surface area contributed by atoms with Crippen molar-refractivity contribution in [1.29, 1.82) is 0 Å². The number of Topliss-reactive ketones (excluding diaryl/α,β-unsaturated/α-hetero) is 2. The second kappa shape index (κ2) is 7.53. The van der Waals surface area contributed by atoms with Crippen LogP contribution < -0.4 is 9.47 Å². The second-order valence-corrected chi connectivity index (χ2v) is 4.90. The first-order chi connectivity index (χ1) is 10.3. The van der Waals surface area contributed by atoms with Gasteiger partial charge in [-0.05, 0) is 19.9 Å². The molecule has 0 fully saturated rings. The number of benzene rings is 1. The molecule has 1 unspecified atom stereocenters. The van der Waals surface area contributed by atoms with Crippen LogP contribution in [-0.2, 0) is 9.59 Å². The normalized spacial score (nSPS) is 11.9. The Morgan fingerprint density at radius 3 is 2.18 bits per heavy atom. The molecule has 0 aromatic heterocycles. The van der Waals surface area contributed by atoms with Crippen molar-refractivity contribution in [2.24, 2.45) is 5.92 Å². The number of carbonyl (C=O) groups excluding carboxylic acids is 2. The maximum absolute atomic E-state index is 11.8. The van der Waals surface area contributed by atoms with E-state index in [4.69, 9.17) is 9.47 Å². The lowest BCUT2D eigenvalue weighted by atomic mass is 9.80. The summed E-state index contributed by atoms with van der Waals surface area (Å²) in [6.07, 6.45) is 0. The van der Waals surface area contributed by atoms with Gasteiger partial charge in [0.1, 0.15) is 11.6 Å². The number of hydrogen-bond acceptors (Lipinski definition) is 6. The highest BCUT2D eigenvalue weighted by molar-refractivity contribution is 6.01. The van der Waals surface area contributed by atoms with Gasteiger partial charge in [-0.2, -0.15) is 0 Å². The van der Waals surface area contributed by atoms with Crippen LogP contribution in [0.1, 0.15) is 25.3 Å².